The van der Waals surface area contributed by atoms with Gasteiger partial charge in [-0.1, -0.05) is 92.5 Å². The molecule has 1 aliphatic heterocycles. The minimum atomic E-state index is -0.448. The minimum Gasteiger partial charge on any atom is -0.351 e. The molecule has 0 unspecified atom stereocenters. The van der Waals surface area contributed by atoms with E-state index >= 15 is 0 Å². The Morgan fingerprint density at radius 1 is 0.863 bits per heavy atom. The summed E-state index contributed by atoms with van der Waals surface area (Å²) in [6.07, 6.45) is 3.55. The molecule has 260 valence electrons. The molecule has 0 aliphatic carbocycles. The number of piperazine rings is 1. The summed E-state index contributed by atoms with van der Waals surface area (Å²) < 4.78 is 2.10. The molecule has 2 N–H and O–H groups in total. The number of fused-ring (bicyclic) bond motifs is 1. The molecular weight excluding hydrogens is 681 g/mol. The topological polar surface area (TPSA) is 99.2 Å². The maximum Gasteiger partial charge on any atom is 0.272 e. The number of carbonyl (C=O) groups is 2. The average molecular weight is 721 g/mol. The molecular formula is C40H39Cl2N7O2. The molecule has 0 bridgehead atoms. The number of anilines is 2. The molecule has 2 amide bonds. The Kier molecular flexibility index (Phi) is 9.35. The number of halogens is 2. The van der Waals surface area contributed by atoms with Crippen LogP contribution in [-0.2, 0) is 4.79 Å². The van der Waals surface area contributed by atoms with Crippen LogP contribution in [0.2, 0.25) is 10.0 Å². The number of amides is 2. The van der Waals surface area contributed by atoms with Crippen molar-refractivity contribution in [3.63, 3.8) is 0 Å². The molecule has 9 nitrogen and oxygen atoms in total. The van der Waals surface area contributed by atoms with Crippen LogP contribution in [0.15, 0.2) is 97.5 Å². The molecule has 0 radical (unpaired) electrons. The third-order valence-electron chi connectivity index (χ3n) is 9.38. The smallest absolute Gasteiger partial charge is 0.272 e. The number of rotatable bonds is 7. The standard InChI is InChI=1S/C40H39Cl2N7O2/c1-25(26-12-14-28(41)15-13-26)49-24-44-34(27-9-6-5-7-10-27)36(49)33-30-17-16-29(42)23-32(30)45-35(33)38(50)46-31-11-8-18-43-37(31)47-19-21-48(22-20-47)39(51)40(2,3)4/h5-18,23-25,45H,19-22H2,1-4H3,(H,46,50)/t25-/m0/s1. The van der Waals surface area contributed by atoms with E-state index < -0.39 is 5.41 Å². The van der Waals surface area contributed by atoms with Crippen molar-refractivity contribution in [1.82, 2.24) is 24.4 Å². The summed E-state index contributed by atoms with van der Waals surface area (Å²) in [4.78, 5) is 44.6. The van der Waals surface area contributed by atoms with Gasteiger partial charge in [0.25, 0.3) is 5.91 Å². The number of hydrogen-bond donors (Lipinski definition) is 2. The fourth-order valence-corrected chi connectivity index (χ4v) is 7.02. The second kappa shape index (κ2) is 13.9. The van der Waals surface area contributed by atoms with Crippen LogP contribution in [0.3, 0.4) is 0 Å². The van der Waals surface area contributed by atoms with Crippen molar-refractivity contribution < 1.29 is 9.59 Å². The summed E-state index contributed by atoms with van der Waals surface area (Å²) >= 11 is 12.7. The number of hydrogen-bond acceptors (Lipinski definition) is 5. The zero-order valence-electron chi connectivity index (χ0n) is 29.0. The molecule has 1 fully saturated rings. The van der Waals surface area contributed by atoms with E-state index in [1.165, 1.54) is 0 Å². The summed E-state index contributed by atoms with van der Waals surface area (Å²) in [5.74, 6) is 0.447. The Labute approximate surface area is 307 Å². The van der Waals surface area contributed by atoms with Crippen molar-refractivity contribution in [3.8, 4) is 22.5 Å². The van der Waals surface area contributed by atoms with E-state index in [-0.39, 0.29) is 17.9 Å². The number of aromatic nitrogens is 4. The molecule has 4 heterocycles. The van der Waals surface area contributed by atoms with E-state index in [0.29, 0.717) is 59.0 Å². The number of nitrogens with zero attached hydrogens (tertiary/aromatic N) is 5. The SMILES string of the molecule is C[C@@H](c1ccc(Cl)cc1)n1cnc(-c2ccccc2)c1-c1c(C(=O)Nc2cccnc2N2CCN(C(=O)C(C)(C)C)CC2)[nH]c2cc(Cl)ccc12. The van der Waals surface area contributed by atoms with Gasteiger partial charge in [0.05, 0.1) is 29.4 Å². The van der Waals surface area contributed by atoms with E-state index in [2.05, 4.69) is 31.7 Å². The van der Waals surface area contributed by atoms with Crippen molar-refractivity contribution in [2.75, 3.05) is 36.4 Å². The molecule has 3 aromatic carbocycles. The van der Waals surface area contributed by atoms with Crippen molar-refractivity contribution >= 4 is 57.4 Å². The number of benzene rings is 3. The highest BCUT2D eigenvalue weighted by Gasteiger charge is 2.32. The van der Waals surface area contributed by atoms with Gasteiger partial charge in [-0.05, 0) is 48.9 Å². The monoisotopic (exact) mass is 719 g/mol. The predicted molar refractivity (Wildman–Crippen MR) is 206 cm³/mol. The molecule has 51 heavy (non-hydrogen) atoms. The summed E-state index contributed by atoms with van der Waals surface area (Å²) in [5, 5.41) is 5.21. The molecule has 0 spiro atoms. The first-order chi connectivity index (χ1) is 24.5. The summed E-state index contributed by atoms with van der Waals surface area (Å²) in [6, 6.07) is 26.8. The van der Waals surface area contributed by atoms with Gasteiger partial charge in [0, 0.05) is 69.9 Å². The third-order valence-corrected chi connectivity index (χ3v) is 9.87. The zero-order chi connectivity index (χ0) is 35.9. The van der Waals surface area contributed by atoms with Gasteiger partial charge in [-0.25, -0.2) is 9.97 Å². The molecule has 1 aliphatic rings. The lowest BCUT2D eigenvalue weighted by molar-refractivity contribution is -0.139. The van der Waals surface area contributed by atoms with E-state index in [1.54, 1.807) is 12.3 Å². The summed E-state index contributed by atoms with van der Waals surface area (Å²) in [6.45, 7) is 10.3. The average Bonchev–Trinajstić information content (AvgIpc) is 3.73. The fourth-order valence-electron chi connectivity index (χ4n) is 6.72. The lowest BCUT2D eigenvalue weighted by atomic mass is 9.94. The first-order valence-corrected chi connectivity index (χ1v) is 17.7. The van der Waals surface area contributed by atoms with Gasteiger partial charge < -0.3 is 24.7 Å². The van der Waals surface area contributed by atoms with Crippen molar-refractivity contribution in [3.05, 3.63) is 119 Å². The van der Waals surface area contributed by atoms with Gasteiger partial charge in [0.15, 0.2) is 5.82 Å². The number of nitrogens with one attached hydrogen (secondary N) is 2. The van der Waals surface area contributed by atoms with E-state index in [9.17, 15) is 9.59 Å². The normalized spacial score (nSPS) is 14.2. The van der Waals surface area contributed by atoms with Crippen molar-refractivity contribution in [2.24, 2.45) is 5.41 Å². The molecule has 6 aromatic rings. The van der Waals surface area contributed by atoms with Gasteiger partial charge in [-0.2, -0.15) is 0 Å². The van der Waals surface area contributed by atoms with E-state index in [0.717, 1.165) is 33.4 Å². The zero-order valence-corrected chi connectivity index (χ0v) is 30.5. The highest BCUT2D eigenvalue weighted by molar-refractivity contribution is 6.31. The van der Waals surface area contributed by atoms with Gasteiger partial charge in [-0.15, -0.1) is 0 Å². The number of aromatic amines is 1. The summed E-state index contributed by atoms with van der Waals surface area (Å²) in [5.41, 5.74) is 5.40. The van der Waals surface area contributed by atoms with Crippen LogP contribution in [0.5, 0.6) is 0 Å². The predicted octanol–water partition coefficient (Wildman–Crippen LogP) is 8.96. The van der Waals surface area contributed by atoms with E-state index in [1.807, 2.05) is 111 Å². The van der Waals surface area contributed by atoms with Crippen LogP contribution in [0.1, 0.15) is 49.8 Å². The van der Waals surface area contributed by atoms with Crippen molar-refractivity contribution in [1.29, 1.82) is 0 Å². The first kappa shape index (κ1) is 34.3. The number of pyridine rings is 1. The van der Waals surface area contributed by atoms with Crippen LogP contribution < -0.4 is 10.2 Å². The van der Waals surface area contributed by atoms with Crippen LogP contribution in [-0.4, -0.2) is 62.4 Å². The van der Waals surface area contributed by atoms with Gasteiger partial charge in [0.2, 0.25) is 5.91 Å². The maximum atomic E-state index is 14.6. The quantitative estimate of drug-likeness (QED) is 0.172. The first-order valence-electron chi connectivity index (χ1n) is 17.0. The van der Waals surface area contributed by atoms with E-state index in [4.69, 9.17) is 28.2 Å². The maximum absolute atomic E-state index is 14.6. The highest BCUT2D eigenvalue weighted by atomic mass is 35.5. The Morgan fingerprint density at radius 3 is 2.27 bits per heavy atom. The van der Waals surface area contributed by atoms with Gasteiger partial charge in [0.1, 0.15) is 5.69 Å². The van der Waals surface area contributed by atoms with Crippen LogP contribution in [0.25, 0.3) is 33.4 Å². The van der Waals surface area contributed by atoms with Crippen LogP contribution in [0.4, 0.5) is 11.5 Å². The molecule has 1 atom stereocenters. The Bertz CT molecular complexity index is 2210. The highest BCUT2D eigenvalue weighted by Crippen LogP contribution is 2.42. The molecule has 0 saturated carbocycles. The van der Waals surface area contributed by atoms with Gasteiger partial charge in [-0.3, -0.25) is 9.59 Å². The minimum absolute atomic E-state index is 0.127. The number of H-pyrrole nitrogens is 1. The molecule has 1 saturated heterocycles. The lowest BCUT2D eigenvalue weighted by Crippen LogP contribution is -2.52. The van der Waals surface area contributed by atoms with Crippen molar-refractivity contribution in [2.45, 2.75) is 33.7 Å². The molecule has 7 rings (SSSR count). The Morgan fingerprint density at radius 2 is 1.57 bits per heavy atom. The molecule has 3 aromatic heterocycles. The number of imidazole rings is 1. The third kappa shape index (κ3) is 6.83. The van der Waals surface area contributed by atoms with Crippen LogP contribution in [0, 0.1) is 5.41 Å². The van der Waals surface area contributed by atoms with Gasteiger partial charge >= 0.3 is 0 Å². The second-order valence-electron chi connectivity index (χ2n) is 13.9. The fraction of sp³-hybridized carbons (Fsp3) is 0.250. The molecule has 11 heteroatoms. The van der Waals surface area contributed by atoms with Crippen LogP contribution >= 0.6 is 23.2 Å². The lowest BCUT2D eigenvalue weighted by Gasteiger charge is -2.38. The number of carbonyl (C=O) groups excluding carboxylic acids is 2. The Hall–Kier alpha value is -5.12. The second-order valence-corrected chi connectivity index (χ2v) is 14.7. The largest absolute Gasteiger partial charge is 0.351 e. The summed E-state index contributed by atoms with van der Waals surface area (Å²) in [7, 11) is 0. The Balaban J connectivity index is 1.31.